The molecule has 0 aliphatic carbocycles. The highest BCUT2D eigenvalue weighted by atomic mass is 32.2. The topological polar surface area (TPSA) is 65.8 Å². The van der Waals surface area contributed by atoms with E-state index >= 15 is 0 Å². The first-order valence-electron chi connectivity index (χ1n) is 3.06. The lowest BCUT2D eigenvalue weighted by Gasteiger charge is -2.08. The van der Waals surface area contributed by atoms with E-state index in [0.717, 1.165) is 5.03 Å². The van der Waals surface area contributed by atoms with Crippen molar-refractivity contribution < 1.29 is 4.73 Å². The van der Waals surface area contributed by atoms with Crippen LogP contribution in [-0.2, 0) is 0 Å². The van der Waals surface area contributed by atoms with Gasteiger partial charge in [-0.05, 0) is 13.2 Å². The predicted molar refractivity (Wildman–Crippen MR) is 44.1 cm³/mol. The highest BCUT2D eigenvalue weighted by Gasteiger charge is 2.05. The number of aromatic nitrogens is 2. The molecule has 0 amide bonds. The summed E-state index contributed by atoms with van der Waals surface area (Å²) in [5.74, 6) is 0.00866. The van der Waals surface area contributed by atoms with Crippen molar-refractivity contribution in [3.63, 3.8) is 0 Å². The number of hydrogen-bond acceptors (Lipinski definition) is 4. The Kier molecular flexibility index (Phi) is 2.19. The Balaban J connectivity index is 3.21. The van der Waals surface area contributed by atoms with Crippen molar-refractivity contribution in [3.05, 3.63) is 17.0 Å². The molecule has 1 rings (SSSR count). The number of nitrogens with two attached hydrogens (primary N) is 1. The number of anilines is 1. The van der Waals surface area contributed by atoms with Gasteiger partial charge in [0.05, 0.1) is 5.69 Å². The Morgan fingerprint density at radius 1 is 1.73 bits per heavy atom. The molecule has 2 N–H and O–H groups in total. The average molecular weight is 171 g/mol. The van der Waals surface area contributed by atoms with E-state index in [1.54, 1.807) is 13.0 Å². The van der Waals surface area contributed by atoms with Crippen LogP contribution < -0.4 is 10.5 Å². The number of rotatable bonds is 1. The van der Waals surface area contributed by atoms with E-state index in [9.17, 15) is 5.21 Å². The van der Waals surface area contributed by atoms with Crippen molar-refractivity contribution >= 4 is 17.7 Å². The molecular weight excluding hydrogens is 162 g/mol. The fourth-order valence-corrected chi connectivity index (χ4v) is 1.19. The molecule has 0 atom stereocenters. The van der Waals surface area contributed by atoms with Crippen molar-refractivity contribution in [3.8, 4) is 0 Å². The molecule has 1 aromatic heterocycles. The van der Waals surface area contributed by atoms with Gasteiger partial charge >= 0.3 is 5.95 Å². The van der Waals surface area contributed by atoms with E-state index < -0.39 is 0 Å². The van der Waals surface area contributed by atoms with Crippen molar-refractivity contribution in [2.45, 2.75) is 11.9 Å². The largest absolute Gasteiger partial charge is 0.740 e. The summed E-state index contributed by atoms with van der Waals surface area (Å²) in [5.41, 5.74) is 5.89. The molecule has 1 heterocycles. The minimum atomic E-state index is 0.00866. The lowest BCUT2D eigenvalue weighted by atomic mass is 10.4. The van der Waals surface area contributed by atoms with Crippen LogP contribution in [0.3, 0.4) is 0 Å². The molecule has 0 aromatic carbocycles. The first kappa shape index (κ1) is 8.13. The summed E-state index contributed by atoms with van der Waals surface area (Å²) in [6.45, 7) is 1.70. The first-order valence-corrected chi connectivity index (χ1v) is 4.28. The number of nitrogens with zero attached hydrogens (tertiary/aromatic N) is 2. The monoisotopic (exact) mass is 171 g/mol. The van der Waals surface area contributed by atoms with Crippen molar-refractivity contribution in [1.82, 2.24) is 4.98 Å². The summed E-state index contributed by atoms with van der Waals surface area (Å²) in [4.78, 5) is 3.84. The van der Waals surface area contributed by atoms with Crippen LogP contribution in [0.1, 0.15) is 5.69 Å². The number of hydrogen-bond donors (Lipinski definition) is 1. The lowest BCUT2D eigenvalue weighted by Crippen LogP contribution is -2.35. The molecule has 0 aliphatic heterocycles. The minimum Gasteiger partial charge on any atom is -0.740 e. The van der Waals surface area contributed by atoms with E-state index in [-0.39, 0.29) is 5.95 Å². The normalized spacial score (nSPS) is 10.0. The van der Waals surface area contributed by atoms with Crippen LogP contribution in [0.2, 0.25) is 0 Å². The van der Waals surface area contributed by atoms with E-state index in [1.807, 2.05) is 6.26 Å². The van der Waals surface area contributed by atoms with Crippen LogP contribution in [0.25, 0.3) is 0 Å². The number of nitrogen functional groups attached to an aromatic ring is 1. The van der Waals surface area contributed by atoms with Crippen molar-refractivity contribution in [2.75, 3.05) is 12.0 Å². The molecule has 0 radical (unpaired) electrons. The summed E-state index contributed by atoms with van der Waals surface area (Å²) in [7, 11) is 0. The second kappa shape index (κ2) is 2.96. The van der Waals surface area contributed by atoms with Crippen molar-refractivity contribution in [1.29, 1.82) is 0 Å². The Morgan fingerprint density at radius 2 is 2.36 bits per heavy atom. The van der Waals surface area contributed by atoms with Crippen LogP contribution in [0.5, 0.6) is 0 Å². The van der Waals surface area contributed by atoms with Gasteiger partial charge in [-0.2, -0.15) is 0 Å². The maximum Gasteiger partial charge on any atom is 0.391 e. The zero-order valence-corrected chi connectivity index (χ0v) is 7.18. The van der Waals surface area contributed by atoms with Gasteiger partial charge in [-0.1, -0.05) is 16.7 Å². The van der Waals surface area contributed by atoms with Gasteiger partial charge in [-0.25, -0.2) is 4.73 Å². The molecular formula is C6H9N3OS. The van der Waals surface area contributed by atoms with Gasteiger partial charge < -0.3 is 5.21 Å². The molecule has 4 nitrogen and oxygen atoms in total. The fraction of sp³-hybridized carbons (Fsp3) is 0.333. The summed E-state index contributed by atoms with van der Waals surface area (Å²) < 4.78 is 0.611. The van der Waals surface area contributed by atoms with E-state index in [4.69, 9.17) is 5.73 Å². The zero-order chi connectivity index (χ0) is 8.43. The zero-order valence-electron chi connectivity index (χ0n) is 6.37. The average Bonchev–Trinajstić information content (AvgIpc) is 1.99. The maximum absolute atomic E-state index is 11.0. The van der Waals surface area contributed by atoms with Gasteiger partial charge in [-0.3, -0.25) is 5.73 Å². The molecule has 0 bridgehead atoms. The second-order valence-corrected chi connectivity index (χ2v) is 2.92. The van der Waals surface area contributed by atoms with Gasteiger partial charge in [0, 0.05) is 6.07 Å². The van der Waals surface area contributed by atoms with Gasteiger partial charge in [0.25, 0.3) is 0 Å². The van der Waals surface area contributed by atoms with Crippen LogP contribution in [-0.4, -0.2) is 11.2 Å². The third-order valence-electron chi connectivity index (χ3n) is 1.29. The Bertz CT molecular complexity index is 254. The maximum atomic E-state index is 11.0. The number of aryl methyl sites for hydroxylation is 1. The fourth-order valence-electron chi connectivity index (χ4n) is 0.713. The highest BCUT2D eigenvalue weighted by Crippen LogP contribution is 2.11. The van der Waals surface area contributed by atoms with E-state index in [0.29, 0.717) is 10.4 Å². The molecule has 0 saturated carbocycles. The standard InChI is InChI=1S/C6H9N3OS/c1-4-3-5(11-2)8-6(7)9(4)10/h3H,1-2H3,(H2,7,8). The Morgan fingerprint density at radius 3 is 2.82 bits per heavy atom. The molecule has 11 heavy (non-hydrogen) atoms. The van der Waals surface area contributed by atoms with Gasteiger partial charge in [0.1, 0.15) is 0 Å². The van der Waals surface area contributed by atoms with Gasteiger partial charge in [0.15, 0.2) is 5.03 Å². The van der Waals surface area contributed by atoms with Crippen LogP contribution >= 0.6 is 11.8 Å². The van der Waals surface area contributed by atoms with E-state index in [1.165, 1.54) is 11.8 Å². The number of thioether (sulfide) groups is 1. The van der Waals surface area contributed by atoms with Gasteiger partial charge in [0.2, 0.25) is 0 Å². The Labute approximate surface area is 69.0 Å². The third-order valence-corrected chi connectivity index (χ3v) is 1.92. The summed E-state index contributed by atoms with van der Waals surface area (Å²) >= 11 is 1.46. The smallest absolute Gasteiger partial charge is 0.391 e. The molecule has 5 heteroatoms. The van der Waals surface area contributed by atoms with Crippen LogP contribution in [0, 0.1) is 12.1 Å². The molecule has 0 fully saturated rings. The summed E-state index contributed by atoms with van der Waals surface area (Å²) in [6.07, 6.45) is 1.89. The minimum absolute atomic E-state index is 0.00866. The Hall–Kier alpha value is -0.970. The SMILES string of the molecule is CSc1cc(C)[n+]([O-])c(N)n1. The second-order valence-electron chi connectivity index (χ2n) is 2.09. The highest BCUT2D eigenvalue weighted by molar-refractivity contribution is 7.98. The third kappa shape index (κ3) is 1.54. The van der Waals surface area contributed by atoms with Crippen molar-refractivity contribution in [2.24, 2.45) is 0 Å². The van der Waals surface area contributed by atoms with Crippen LogP contribution in [0.4, 0.5) is 5.95 Å². The summed E-state index contributed by atoms with van der Waals surface area (Å²) in [6, 6.07) is 1.70. The quantitative estimate of drug-likeness (QED) is 0.286. The molecule has 0 unspecified atom stereocenters. The molecule has 0 aliphatic rings. The lowest BCUT2D eigenvalue weighted by molar-refractivity contribution is -0.600. The predicted octanol–water partition coefficient (Wildman–Crippen LogP) is 0.328. The first-order chi connectivity index (χ1) is 5.15. The van der Waals surface area contributed by atoms with Crippen LogP contribution in [0.15, 0.2) is 11.1 Å². The molecule has 1 aromatic rings. The van der Waals surface area contributed by atoms with E-state index in [2.05, 4.69) is 4.98 Å². The van der Waals surface area contributed by atoms with Gasteiger partial charge in [-0.15, -0.1) is 0 Å². The summed E-state index contributed by atoms with van der Waals surface area (Å²) in [5, 5.41) is 11.7. The molecule has 0 spiro atoms. The molecule has 60 valence electrons. The molecule has 0 saturated heterocycles.